The SMILES string of the molecule is FC(F)(F)OCCOc1ccc(Br)c(CNC2CC2)c1. The highest BCUT2D eigenvalue weighted by atomic mass is 79.9. The van der Waals surface area contributed by atoms with Gasteiger partial charge in [0.25, 0.3) is 0 Å². The zero-order valence-corrected chi connectivity index (χ0v) is 12.3. The van der Waals surface area contributed by atoms with Crippen LogP contribution in [0.25, 0.3) is 0 Å². The van der Waals surface area contributed by atoms with Gasteiger partial charge in [-0.3, -0.25) is 4.74 Å². The molecule has 112 valence electrons. The van der Waals surface area contributed by atoms with Crippen molar-refractivity contribution in [3.05, 3.63) is 28.2 Å². The number of benzene rings is 1. The lowest BCUT2D eigenvalue weighted by atomic mass is 10.2. The van der Waals surface area contributed by atoms with Crippen LogP contribution in [0.15, 0.2) is 22.7 Å². The average molecular weight is 354 g/mol. The molecule has 0 spiro atoms. The molecule has 7 heteroatoms. The molecule has 20 heavy (non-hydrogen) atoms. The fourth-order valence-corrected chi connectivity index (χ4v) is 2.02. The Morgan fingerprint density at radius 3 is 2.65 bits per heavy atom. The summed E-state index contributed by atoms with van der Waals surface area (Å²) < 4.78 is 45.2. The van der Waals surface area contributed by atoms with Crippen molar-refractivity contribution in [3.8, 4) is 5.75 Å². The summed E-state index contributed by atoms with van der Waals surface area (Å²) in [5.41, 5.74) is 1.02. The fraction of sp³-hybridized carbons (Fsp3) is 0.538. The summed E-state index contributed by atoms with van der Waals surface area (Å²) in [5.74, 6) is 0.534. The summed E-state index contributed by atoms with van der Waals surface area (Å²) in [7, 11) is 0. The smallest absolute Gasteiger partial charge is 0.491 e. The Kier molecular flexibility index (Phi) is 5.29. The molecule has 3 nitrogen and oxygen atoms in total. The number of ether oxygens (including phenoxy) is 2. The van der Waals surface area contributed by atoms with Gasteiger partial charge < -0.3 is 10.1 Å². The van der Waals surface area contributed by atoms with E-state index in [-0.39, 0.29) is 6.61 Å². The maximum absolute atomic E-state index is 11.8. The third kappa shape index (κ3) is 5.68. The predicted molar refractivity (Wildman–Crippen MR) is 71.5 cm³/mol. The number of halogens is 4. The third-order valence-electron chi connectivity index (χ3n) is 2.79. The second-order valence-electron chi connectivity index (χ2n) is 4.55. The van der Waals surface area contributed by atoms with E-state index in [9.17, 15) is 13.2 Å². The van der Waals surface area contributed by atoms with Crippen LogP contribution in [0.2, 0.25) is 0 Å². The monoisotopic (exact) mass is 353 g/mol. The van der Waals surface area contributed by atoms with Crippen molar-refractivity contribution in [3.63, 3.8) is 0 Å². The maximum Gasteiger partial charge on any atom is 0.522 e. The van der Waals surface area contributed by atoms with Crippen molar-refractivity contribution in [1.82, 2.24) is 5.32 Å². The summed E-state index contributed by atoms with van der Waals surface area (Å²) in [6.45, 7) is 0.0490. The van der Waals surface area contributed by atoms with Crippen LogP contribution >= 0.6 is 15.9 Å². The summed E-state index contributed by atoms with van der Waals surface area (Å²) in [4.78, 5) is 0. The van der Waals surface area contributed by atoms with Crippen molar-refractivity contribution < 1.29 is 22.6 Å². The molecular weight excluding hydrogens is 339 g/mol. The van der Waals surface area contributed by atoms with Crippen LogP contribution in [0.4, 0.5) is 13.2 Å². The Morgan fingerprint density at radius 2 is 2.00 bits per heavy atom. The maximum atomic E-state index is 11.8. The summed E-state index contributed by atoms with van der Waals surface area (Å²) in [5, 5.41) is 3.37. The minimum Gasteiger partial charge on any atom is -0.491 e. The quantitative estimate of drug-likeness (QED) is 0.759. The van der Waals surface area contributed by atoms with Gasteiger partial charge >= 0.3 is 6.36 Å². The van der Waals surface area contributed by atoms with Crippen molar-refractivity contribution in [2.75, 3.05) is 13.2 Å². The number of hydrogen-bond donors (Lipinski definition) is 1. The first-order valence-electron chi connectivity index (χ1n) is 6.29. The molecule has 1 aliphatic carbocycles. The Morgan fingerprint density at radius 1 is 1.25 bits per heavy atom. The molecule has 0 aliphatic heterocycles. The van der Waals surface area contributed by atoms with Gasteiger partial charge in [-0.15, -0.1) is 13.2 Å². The van der Waals surface area contributed by atoms with Crippen LogP contribution in [-0.4, -0.2) is 25.6 Å². The molecule has 1 saturated carbocycles. The van der Waals surface area contributed by atoms with E-state index in [1.807, 2.05) is 12.1 Å². The van der Waals surface area contributed by atoms with Crippen molar-refractivity contribution >= 4 is 15.9 Å². The molecule has 1 N–H and O–H groups in total. The van der Waals surface area contributed by atoms with Gasteiger partial charge in [0.05, 0.1) is 6.61 Å². The minimum absolute atomic E-state index is 0.142. The van der Waals surface area contributed by atoms with E-state index in [0.717, 1.165) is 10.0 Å². The van der Waals surface area contributed by atoms with Crippen molar-refractivity contribution in [2.24, 2.45) is 0 Å². The minimum atomic E-state index is -4.61. The van der Waals surface area contributed by atoms with Crippen LogP contribution in [0.1, 0.15) is 18.4 Å². The first-order chi connectivity index (χ1) is 9.44. The molecule has 0 unspecified atom stereocenters. The predicted octanol–water partition coefficient (Wildman–Crippen LogP) is 3.62. The third-order valence-corrected chi connectivity index (χ3v) is 3.57. The van der Waals surface area contributed by atoms with Gasteiger partial charge in [-0.05, 0) is 36.6 Å². The van der Waals surface area contributed by atoms with Crippen LogP contribution in [-0.2, 0) is 11.3 Å². The van der Waals surface area contributed by atoms with Gasteiger partial charge in [0.15, 0.2) is 0 Å². The number of nitrogens with one attached hydrogen (secondary N) is 1. The van der Waals surface area contributed by atoms with Crippen molar-refractivity contribution in [1.29, 1.82) is 0 Å². The Balaban J connectivity index is 1.80. The standard InChI is InChI=1S/C13H15BrF3NO2/c14-12-4-3-11(19-5-6-20-13(15,16)17)7-9(12)8-18-10-1-2-10/h3-4,7,10,18H,1-2,5-6,8H2. The zero-order valence-electron chi connectivity index (χ0n) is 10.7. The van der Waals surface area contributed by atoms with Gasteiger partial charge in [0, 0.05) is 17.1 Å². The van der Waals surface area contributed by atoms with Crippen LogP contribution < -0.4 is 10.1 Å². The number of rotatable bonds is 7. The molecule has 1 aliphatic rings. The molecule has 0 aromatic heterocycles. The van der Waals surface area contributed by atoms with Gasteiger partial charge in [0.1, 0.15) is 12.4 Å². The molecule has 1 fully saturated rings. The number of hydrogen-bond acceptors (Lipinski definition) is 3. The zero-order chi connectivity index (χ0) is 14.6. The molecule has 1 aromatic rings. The average Bonchev–Trinajstić information content (AvgIpc) is 3.17. The largest absolute Gasteiger partial charge is 0.522 e. The topological polar surface area (TPSA) is 30.5 Å². The lowest BCUT2D eigenvalue weighted by Gasteiger charge is -2.11. The van der Waals surface area contributed by atoms with E-state index in [1.54, 1.807) is 6.07 Å². The molecule has 2 rings (SSSR count). The van der Waals surface area contributed by atoms with Gasteiger partial charge in [-0.1, -0.05) is 15.9 Å². The van der Waals surface area contributed by atoms with Gasteiger partial charge in [0.2, 0.25) is 0 Å². The molecule has 0 heterocycles. The fourth-order valence-electron chi connectivity index (χ4n) is 1.64. The summed E-state index contributed by atoms with van der Waals surface area (Å²) in [6, 6.07) is 5.93. The molecular formula is C13H15BrF3NO2. The van der Waals surface area contributed by atoms with Gasteiger partial charge in [-0.25, -0.2) is 0 Å². The molecule has 1 aromatic carbocycles. The molecule has 0 amide bonds. The van der Waals surface area contributed by atoms with E-state index in [4.69, 9.17) is 4.74 Å². The highest BCUT2D eigenvalue weighted by Gasteiger charge is 2.28. The van der Waals surface area contributed by atoms with Crippen molar-refractivity contribution in [2.45, 2.75) is 31.8 Å². The van der Waals surface area contributed by atoms with E-state index in [1.165, 1.54) is 12.8 Å². The summed E-state index contributed by atoms with van der Waals surface area (Å²) in [6.07, 6.45) is -2.21. The first-order valence-corrected chi connectivity index (χ1v) is 7.08. The Hall–Kier alpha value is -0.790. The van der Waals surface area contributed by atoms with Crippen LogP contribution in [0.3, 0.4) is 0 Å². The lowest BCUT2D eigenvalue weighted by Crippen LogP contribution is -2.18. The van der Waals surface area contributed by atoms with Crippen LogP contribution in [0.5, 0.6) is 5.75 Å². The lowest BCUT2D eigenvalue weighted by molar-refractivity contribution is -0.325. The Labute approximate surface area is 123 Å². The second-order valence-corrected chi connectivity index (χ2v) is 5.41. The second kappa shape index (κ2) is 6.78. The first kappa shape index (κ1) is 15.6. The van der Waals surface area contributed by atoms with Crippen LogP contribution in [0, 0.1) is 0 Å². The summed E-state index contributed by atoms with van der Waals surface area (Å²) >= 11 is 3.44. The van der Waals surface area contributed by atoms with Gasteiger partial charge in [-0.2, -0.15) is 0 Å². The highest BCUT2D eigenvalue weighted by molar-refractivity contribution is 9.10. The molecule has 0 saturated heterocycles. The molecule has 0 atom stereocenters. The van der Waals surface area contributed by atoms with E-state index >= 15 is 0 Å². The Bertz CT molecular complexity index is 450. The highest BCUT2D eigenvalue weighted by Crippen LogP contribution is 2.25. The number of alkyl halides is 3. The van der Waals surface area contributed by atoms with E-state index in [2.05, 4.69) is 26.0 Å². The normalized spacial score (nSPS) is 15.4. The van der Waals surface area contributed by atoms with E-state index < -0.39 is 13.0 Å². The molecule has 0 bridgehead atoms. The van der Waals surface area contributed by atoms with E-state index in [0.29, 0.717) is 18.3 Å². The molecule has 0 radical (unpaired) electrons.